The first-order valence-corrected chi connectivity index (χ1v) is 9.02. The lowest BCUT2D eigenvalue weighted by Gasteiger charge is -2.59. The molecule has 134 valence electrons. The molecule has 3 bridgehead atoms. The summed E-state index contributed by atoms with van der Waals surface area (Å²) < 4.78 is 5.93. The molecule has 4 rings (SSSR count). The Morgan fingerprint density at radius 3 is 3.00 bits per heavy atom. The summed E-state index contributed by atoms with van der Waals surface area (Å²) in [5, 5.41) is 22.4. The summed E-state index contributed by atoms with van der Waals surface area (Å²) in [5.74, 6) is 0.261. The molecule has 0 aromatic rings. The molecule has 0 aromatic heterocycles. The molecule has 5 heteroatoms. The Hall–Kier alpha value is -1.85. The van der Waals surface area contributed by atoms with E-state index in [4.69, 9.17) is 4.74 Å². The second kappa shape index (κ2) is 5.58. The van der Waals surface area contributed by atoms with Crippen LogP contribution in [0.5, 0.6) is 0 Å². The van der Waals surface area contributed by atoms with Crippen molar-refractivity contribution in [2.45, 2.75) is 49.9 Å². The first kappa shape index (κ1) is 16.6. The predicted octanol–water partition coefficient (Wildman–Crippen LogP) is 2.40. The minimum absolute atomic E-state index is 0.00380. The topological polar surface area (TPSA) is 70.0 Å². The first-order chi connectivity index (χ1) is 12.0. The molecule has 0 aromatic carbocycles. The summed E-state index contributed by atoms with van der Waals surface area (Å²) in [6.45, 7) is 9.47. The molecule has 0 unspecified atom stereocenters. The van der Waals surface area contributed by atoms with Gasteiger partial charge in [0.15, 0.2) is 23.4 Å². The Kier molecular flexibility index (Phi) is 3.71. The number of ether oxygens (including phenoxy) is 1. The van der Waals surface area contributed by atoms with Crippen molar-refractivity contribution in [2.24, 2.45) is 5.41 Å². The molecule has 1 saturated carbocycles. The van der Waals surface area contributed by atoms with E-state index in [2.05, 4.69) is 18.1 Å². The van der Waals surface area contributed by atoms with E-state index in [0.29, 0.717) is 25.0 Å². The highest BCUT2D eigenvalue weighted by molar-refractivity contribution is 5.88. The zero-order valence-corrected chi connectivity index (χ0v) is 14.4. The number of carbonyl (C=O) groups excluding carboxylic acids is 1. The number of likely N-dealkylation sites (tertiary alicyclic amines) is 1. The third kappa shape index (κ3) is 1.99. The lowest BCUT2D eigenvalue weighted by molar-refractivity contribution is -0.201. The first-order valence-electron chi connectivity index (χ1n) is 9.02. The van der Waals surface area contributed by atoms with Gasteiger partial charge in [-0.05, 0) is 38.3 Å². The number of hydrogen-bond acceptors (Lipinski definition) is 5. The number of ketones is 1. The second-order valence-corrected chi connectivity index (χ2v) is 7.58. The maximum absolute atomic E-state index is 12.7. The van der Waals surface area contributed by atoms with Crippen LogP contribution in [0, 0.1) is 5.41 Å². The quantitative estimate of drug-likeness (QED) is 0.754. The lowest BCUT2D eigenvalue weighted by atomic mass is 9.52. The van der Waals surface area contributed by atoms with Crippen molar-refractivity contribution in [3.8, 4) is 0 Å². The number of Topliss-reactive ketones (excluding diaryl/α,β-unsaturated/α-hetero) is 1. The number of fused-ring (bicyclic) bond motifs is 1. The van der Waals surface area contributed by atoms with Crippen LogP contribution < -0.4 is 0 Å². The van der Waals surface area contributed by atoms with Crippen LogP contribution >= 0.6 is 0 Å². The Morgan fingerprint density at radius 2 is 2.24 bits per heavy atom. The molecule has 0 amide bonds. The van der Waals surface area contributed by atoms with E-state index in [1.807, 2.05) is 12.2 Å². The molecule has 4 aliphatic rings. The second-order valence-electron chi connectivity index (χ2n) is 7.58. The van der Waals surface area contributed by atoms with Gasteiger partial charge in [0, 0.05) is 24.6 Å². The highest BCUT2D eigenvalue weighted by Crippen LogP contribution is 2.62. The van der Waals surface area contributed by atoms with Gasteiger partial charge in [0.25, 0.3) is 0 Å². The van der Waals surface area contributed by atoms with Crippen LogP contribution in [0.15, 0.2) is 48.5 Å². The largest absolute Gasteiger partial charge is 0.504 e. The van der Waals surface area contributed by atoms with Crippen molar-refractivity contribution in [1.29, 1.82) is 0 Å². The van der Waals surface area contributed by atoms with E-state index in [1.54, 1.807) is 6.08 Å². The molecule has 1 spiro atoms. The number of hydrogen-bond donors (Lipinski definition) is 2. The van der Waals surface area contributed by atoms with Gasteiger partial charge in [-0.15, -0.1) is 6.58 Å². The number of nitrogens with zero attached hydrogens (tertiary/aromatic N) is 1. The van der Waals surface area contributed by atoms with Crippen molar-refractivity contribution < 1.29 is 19.7 Å². The van der Waals surface area contributed by atoms with Gasteiger partial charge < -0.3 is 14.9 Å². The Bertz CT molecular complexity index is 708. The van der Waals surface area contributed by atoms with Gasteiger partial charge in [-0.25, -0.2) is 0 Å². The molecule has 2 heterocycles. The average molecular weight is 343 g/mol. The van der Waals surface area contributed by atoms with Crippen LogP contribution in [0.3, 0.4) is 0 Å². The molecule has 2 N–H and O–H groups in total. The molecule has 2 saturated heterocycles. The SMILES string of the molecule is C=CCN1CC[C@@]23C(=C)/C4=C(O)\C=C/CC[C@@H]1[C@]2(O)CCC(=O)[C@@H]3O4. The highest BCUT2D eigenvalue weighted by atomic mass is 16.5. The van der Waals surface area contributed by atoms with E-state index in [0.717, 1.165) is 19.4 Å². The molecule has 3 fully saturated rings. The minimum atomic E-state index is -1.10. The molecule has 2 aliphatic heterocycles. The molecule has 2 aliphatic carbocycles. The van der Waals surface area contributed by atoms with Crippen LogP contribution in [0.1, 0.15) is 32.1 Å². The number of rotatable bonds is 2. The number of allylic oxidation sites excluding steroid dienone is 3. The average Bonchev–Trinajstić information content (AvgIpc) is 2.89. The third-order valence-electron chi connectivity index (χ3n) is 6.58. The zero-order valence-electron chi connectivity index (χ0n) is 14.4. The summed E-state index contributed by atoms with van der Waals surface area (Å²) in [4.78, 5) is 14.9. The lowest BCUT2D eigenvalue weighted by Crippen LogP contribution is -2.72. The smallest absolute Gasteiger partial charge is 0.174 e. The van der Waals surface area contributed by atoms with Gasteiger partial charge >= 0.3 is 0 Å². The number of piperidine rings is 1. The van der Waals surface area contributed by atoms with Crippen LogP contribution in [-0.2, 0) is 9.53 Å². The Balaban J connectivity index is 1.93. The van der Waals surface area contributed by atoms with E-state index < -0.39 is 17.1 Å². The molecule has 4 atom stereocenters. The molecular formula is C20H25NO4. The molecule has 5 nitrogen and oxygen atoms in total. The monoisotopic (exact) mass is 343 g/mol. The van der Waals surface area contributed by atoms with Crippen molar-refractivity contribution in [3.05, 3.63) is 48.5 Å². The fraction of sp³-hybridized carbons (Fsp3) is 0.550. The predicted molar refractivity (Wildman–Crippen MR) is 93.8 cm³/mol. The van der Waals surface area contributed by atoms with Gasteiger partial charge in [0.1, 0.15) is 0 Å². The maximum Gasteiger partial charge on any atom is 0.174 e. The summed E-state index contributed by atoms with van der Waals surface area (Å²) in [5.41, 5.74) is -1.38. The van der Waals surface area contributed by atoms with E-state index in [1.165, 1.54) is 0 Å². The van der Waals surface area contributed by atoms with Crippen LogP contribution in [0.25, 0.3) is 0 Å². The molecule has 25 heavy (non-hydrogen) atoms. The molecular weight excluding hydrogens is 318 g/mol. The highest BCUT2D eigenvalue weighted by Gasteiger charge is 2.71. The van der Waals surface area contributed by atoms with Gasteiger partial charge in [0.05, 0.1) is 11.0 Å². The van der Waals surface area contributed by atoms with Crippen molar-refractivity contribution in [1.82, 2.24) is 4.90 Å². The van der Waals surface area contributed by atoms with Gasteiger partial charge in [0.2, 0.25) is 0 Å². The van der Waals surface area contributed by atoms with Crippen LogP contribution in [0.2, 0.25) is 0 Å². The van der Waals surface area contributed by atoms with Gasteiger partial charge in [-0.3, -0.25) is 9.69 Å². The third-order valence-corrected chi connectivity index (χ3v) is 6.58. The maximum atomic E-state index is 12.7. The van der Waals surface area contributed by atoms with Crippen molar-refractivity contribution >= 4 is 5.78 Å². The van der Waals surface area contributed by atoms with E-state index in [9.17, 15) is 15.0 Å². The fourth-order valence-electron chi connectivity index (χ4n) is 5.43. The number of carbonyl (C=O) groups is 1. The van der Waals surface area contributed by atoms with Gasteiger partial charge in [-0.2, -0.15) is 0 Å². The zero-order chi connectivity index (χ0) is 17.8. The summed E-state index contributed by atoms with van der Waals surface area (Å²) in [6.07, 6.45) is 7.38. The summed E-state index contributed by atoms with van der Waals surface area (Å²) in [7, 11) is 0. The normalized spacial score (nSPS) is 45.0. The summed E-state index contributed by atoms with van der Waals surface area (Å²) in [6, 6.07) is -0.0977. The number of aliphatic hydroxyl groups is 2. The summed E-state index contributed by atoms with van der Waals surface area (Å²) >= 11 is 0. The Morgan fingerprint density at radius 1 is 1.44 bits per heavy atom. The number of aliphatic hydroxyl groups excluding tert-OH is 1. The van der Waals surface area contributed by atoms with Gasteiger partial charge in [-0.1, -0.05) is 18.7 Å². The Labute approximate surface area is 148 Å². The fourth-order valence-corrected chi connectivity index (χ4v) is 5.43. The minimum Gasteiger partial charge on any atom is -0.504 e. The van der Waals surface area contributed by atoms with Crippen LogP contribution in [-0.4, -0.2) is 51.7 Å². The van der Waals surface area contributed by atoms with Crippen molar-refractivity contribution in [2.75, 3.05) is 13.1 Å². The van der Waals surface area contributed by atoms with E-state index >= 15 is 0 Å². The van der Waals surface area contributed by atoms with Crippen molar-refractivity contribution in [3.63, 3.8) is 0 Å². The van der Waals surface area contributed by atoms with E-state index in [-0.39, 0.29) is 29.8 Å². The van der Waals surface area contributed by atoms with Crippen LogP contribution in [0.4, 0.5) is 0 Å². The standard InChI is InChI=1S/C20H25NO4/c1-3-11-21-12-10-19-13(2)17-14(22)6-4-5-7-16(21)20(19,24)9-8-15(23)18(19)25-17/h3-4,6,16,18,22,24H,1-2,5,7-12H2/b6-4-,17-14-/t16-,18+,19+,20-/m1/s1. The molecule has 0 radical (unpaired) electrons.